The molecule has 0 aliphatic heterocycles. The molecule has 12 heteroatoms. The molecule has 0 fully saturated rings. The number of methoxy groups -OCH3 is 2. The first-order valence-corrected chi connectivity index (χ1v) is 17.5. The Labute approximate surface area is 292 Å². The van der Waals surface area contributed by atoms with Crippen LogP contribution in [0.5, 0.6) is 11.5 Å². The van der Waals surface area contributed by atoms with Crippen molar-refractivity contribution in [3.05, 3.63) is 118 Å². The van der Waals surface area contributed by atoms with Crippen molar-refractivity contribution in [2.75, 3.05) is 31.6 Å². The lowest BCUT2D eigenvalue weighted by molar-refractivity contribution is -0.140. The van der Waals surface area contributed by atoms with E-state index in [2.05, 4.69) is 5.32 Å². The van der Waals surface area contributed by atoms with Gasteiger partial charge in [-0.15, -0.1) is 0 Å². The predicted molar refractivity (Wildman–Crippen MR) is 190 cm³/mol. The Morgan fingerprint density at radius 1 is 0.854 bits per heavy atom. The van der Waals surface area contributed by atoms with E-state index >= 15 is 0 Å². The molecule has 254 valence electrons. The lowest BCUT2D eigenvalue weighted by Gasteiger charge is -2.34. The van der Waals surface area contributed by atoms with Crippen molar-refractivity contribution in [2.45, 2.75) is 44.2 Å². The minimum atomic E-state index is -4.35. The molecule has 4 aromatic rings. The molecule has 1 N–H and O–H groups in total. The van der Waals surface area contributed by atoms with Gasteiger partial charge in [0.2, 0.25) is 11.8 Å². The van der Waals surface area contributed by atoms with Gasteiger partial charge in [0, 0.05) is 25.6 Å². The Kier molecular flexibility index (Phi) is 12.7. The van der Waals surface area contributed by atoms with Crippen molar-refractivity contribution in [3.63, 3.8) is 0 Å². The number of aryl methyl sites for hydroxylation is 1. The number of halogens is 2. The van der Waals surface area contributed by atoms with E-state index in [0.717, 1.165) is 15.4 Å². The number of carbonyl (C=O) groups excluding carboxylic acids is 2. The average Bonchev–Trinajstić information content (AvgIpc) is 3.09. The fourth-order valence-electron chi connectivity index (χ4n) is 5.10. The highest BCUT2D eigenvalue weighted by molar-refractivity contribution is 7.92. The van der Waals surface area contributed by atoms with E-state index in [4.69, 9.17) is 32.7 Å². The summed E-state index contributed by atoms with van der Waals surface area (Å²) in [6.07, 6.45) is 0.861. The van der Waals surface area contributed by atoms with E-state index in [-0.39, 0.29) is 40.2 Å². The van der Waals surface area contributed by atoms with E-state index in [9.17, 15) is 18.0 Å². The van der Waals surface area contributed by atoms with Crippen LogP contribution in [0, 0.1) is 6.92 Å². The maximum absolute atomic E-state index is 14.7. The highest BCUT2D eigenvalue weighted by Crippen LogP contribution is 2.36. The van der Waals surface area contributed by atoms with Crippen molar-refractivity contribution < 1.29 is 27.5 Å². The Bertz CT molecular complexity index is 1820. The first-order valence-electron chi connectivity index (χ1n) is 15.3. The number of rotatable bonds is 15. The molecule has 9 nitrogen and oxygen atoms in total. The van der Waals surface area contributed by atoms with Gasteiger partial charge >= 0.3 is 0 Å². The standard InChI is InChI=1S/C36H39Cl2N3O6S/c1-5-19-39-36(43)33(21-26-9-7-6-8-10-26)40(23-27-13-17-30(37)31(38)20-27)35(42)24-41(32-22-28(46-3)14-18-34(32)47-4)48(44,45)29-15-11-25(2)12-16-29/h6-18,20,22,33H,5,19,21,23-24H2,1-4H3,(H,39,43)/t33-/m1/s1. The zero-order valence-corrected chi connectivity index (χ0v) is 29.6. The van der Waals surface area contributed by atoms with Gasteiger partial charge in [-0.2, -0.15) is 0 Å². The number of nitrogens with one attached hydrogen (secondary N) is 1. The number of hydrogen-bond acceptors (Lipinski definition) is 6. The lowest BCUT2D eigenvalue weighted by atomic mass is 10.0. The number of carbonyl (C=O) groups is 2. The normalized spacial score (nSPS) is 11.8. The van der Waals surface area contributed by atoms with E-state index in [0.29, 0.717) is 29.3 Å². The molecule has 0 radical (unpaired) electrons. The molecule has 4 rings (SSSR count). The summed E-state index contributed by atoms with van der Waals surface area (Å²) in [4.78, 5) is 29.9. The van der Waals surface area contributed by atoms with Gasteiger partial charge in [-0.25, -0.2) is 8.42 Å². The van der Waals surface area contributed by atoms with Crippen LogP contribution in [0.15, 0.2) is 95.9 Å². The maximum Gasteiger partial charge on any atom is 0.264 e. The average molecular weight is 713 g/mol. The highest BCUT2D eigenvalue weighted by atomic mass is 35.5. The summed E-state index contributed by atoms with van der Waals surface area (Å²) in [5.41, 5.74) is 2.38. The number of sulfonamides is 1. The van der Waals surface area contributed by atoms with E-state index < -0.39 is 28.5 Å². The Morgan fingerprint density at radius 2 is 1.56 bits per heavy atom. The molecule has 0 heterocycles. The topological polar surface area (TPSA) is 105 Å². The van der Waals surface area contributed by atoms with Crippen LogP contribution in [0.1, 0.15) is 30.0 Å². The largest absolute Gasteiger partial charge is 0.497 e. The van der Waals surface area contributed by atoms with Gasteiger partial charge in [-0.1, -0.05) is 84.2 Å². The summed E-state index contributed by atoms with van der Waals surface area (Å²) in [6, 6.07) is 24.3. The summed E-state index contributed by atoms with van der Waals surface area (Å²) in [5, 5.41) is 3.54. The molecule has 0 unspecified atom stereocenters. The van der Waals surface area contributed by atoms with E-state index in [1.54, 1.807) is 42.5 Å². The number of ether oxygens (including phenoxy) is 2. The minimum Gasteiger partial charge on any atom is -0.497 e. The zero-order chi connectivity index (χ0) is 34.8. The van der Waals surface area contributed by atoms with Gasteiger partial charge < -0.3 is 19.7 Å². The summed E-state index contributed by atoms with van der Waals surface area (Å²) >= 11 is 12.5. The van der Waals surface area contributed by atoms with Crippen molar-refractivity contribution in [1.82, 2.24) is 10.2 Å². The fraction of sp³-hybridized carbons (Fsp3) is 0.278. The number of anilines is 1. The molecule has 0 aliphatic carbocycles. The first-order chi connectivity index (χ1) is 23.0. The van der Waals surface area contributed by atoms with E-state index in [1.807, 2.05) is 44.2 Å². The molecule has 0 aromatic heterocycles. The van der Waals surface area contributed by atoms with Crippen LogP contribution >= 0.6 is 23.2 Å². The number of hydrogen-bond donors (Lipinski definition) is 1. The third-order valence-corrected chi connectivity index (χ3v) is 10.2. The first kappa shape index (κ1) is 36.6. The summed E-state index contributed by atoms with van der Waals surface area (Å²) in [5.74, 6) is -0.442. The van der Waals surface area contributed by atoms with Crippen molar-refractivity contribution >= 4 is 50.7 Å². The van der Waals surface area contributed by atoms with Gasteiger partial charge in [-0.3, -0.25) is 13.9 Å². The van der Waals surface area contributed by atoms with Gasteiger partial charge in [0.1, 0.15) is 24.1 Å². The van der Waals surface area contributed by atoms with Gasteiger partial charge in [-0.05, 0) is 60.9 Å². The molecule has 0 saturated heterocycles. The SMILES string of the molecule is CCCNC(=O)[C@@H](Cc1ccccc1)N(Cc1ccc(Cl)c(Cl)c1)C(=O)CN(c1cc(OC)ccc1OC)S(=O)(=O)c1ccc(C)cc1. The molecular formula is C36H39Cl2N3O6S. The van der Waals surface area contributed by atoms with Crippen molar-refractivity contribution in [3.8, 4) is 11.5 Å². The van der Waals surface area contributed by atoms with Crippen LogP contribution in [-0.2, 0) is 32.6 Å². The van der Waals surface area contributed by atoms with Crippen molar-refractivity contribution in [2.24, 2.45) is 0 Å². The summed E-state index contributed by atoms with van der Waals surface area (Å²) in [7, 11) is -1.48. The molecule has 1 atom stereocenters. The second kappa shape index (κ2) is 16.7. The van der Waals surface area contributed by atoms with Crippen LogP contribution in [-0.4, -0.2) is 58.5 Å². The zero-order valence-electron chi connectivity index (χ0n) is 27.3. The molecule has 0 saturated carbocycles. The molecule has 48 heavy (non-hydrogen) atoms. The van der Waals surface area contributed by atoms with Gasteiger partial charge in [0.15, 0.2) is 0 Å². The number of benzene rings is 4. The monoisotopic (exact) mass is 711 g/mol. The third-order valence-electron chi connectivity index (χ3n) is 7.70. The fourth-order valence-corrected chi connectivity index (χ4v) is 6.83. The maximum atomic E-state index is 14.7. The number of amides is 2. The molecule has 4 aromatic carbocycles. The third kappa shape index (κ3) is 9.00. The van der Waals surface area contributed by atoms with Crippen LogP contribution in [0.3, 0.4) is 0 Å². The molecule has 0 bridgehead atoms. The van der Waals surface area contributed by atoms with E-state index in [1.165, 1.54) is 37.3 Å². The van der Waals surface area contributed by atoms with Crippen LogP contribution in [0.4, 0.5) is 5.69 Å². The minimum absolute atomic E-state index is 0.0247. The molecular weight excluding hydrogens is 673 g/mol. The second-order valence-electron chi connectivity index (χ2n) is 11.1. The Morgan fingerprint density at radius 3 is 2.19 bits per heavy atom. The lowest BCUT2D eigenvalue weighted by Crippen LogP contribution is -2.53. The number of nitrogens with zero attached hydrogens (tertiary/aromatic N) is 2. The van der Waals surface area contributed by atoms with Crippen LogP contribution in [0.25, 0.3) is 0 Å². The predicted octanol–water partition coefficient (Wildman–Crippen LogP) is 6.68. The van der Waals surface area contributed by atoms with Crippen molar-refractivity contribution in [1.29, 1.82) is 0 Å². The van der Waals surface area contributed by atoms with Gasteiger partial charge in [0.25, 0.3) is 10.0 Å². The van der Waals surface area contributed by atoms with Crippen LogP contribution < -0.4 is 19.1 Å². The highest BCUT2D eigenvalue weighted by Gasteiger charge is 2.35. The second-order valence-corrected chi connectivity index (χ2v) is 13.8. The Hall–Kier alpha value is -4.25. The summed E-state index contributed by atoms with van der Waals surface area (Å²) in [6.45, 7) is 3.46. The quantitative estimate of drug-likeness (QED) is 0.148. The van der Waals surface area contributed by atoms with Gasteiger partial charge in [0.05, 0.1) is 34.8 Å². The molecule has 0 spiro atoms. The Balaban J connectivity index is 1.87. The molecule has 0 aliphatic rings. The molecule has 2 amide bonds. The smallest absolute Gasteiger partial charge is 0.264 e. The van der Waals surface area contributed by atoms with Crippen LogP contribution in [0.2, 0.25) is 10.0 Å². The summed E-state index contributed by atoms with van der Waals surface area (Å²) < 4.78 is 40.8.